The third-order valence-electron chi connectivity index (χ3n) is 2.73. The number of anilines is 1. The first-order chi connectivity index (χ1) is 8.61. The molecule has 1 atom stereocenters. The number of nitriles is 1. The second-order valence-corrected chi connectivity index (χ2v) is 3.84. The summed E-state index contributed by atoms with van der Waals surface area (Å²) in [7, 11) is 1.77. The minimum Gasteiger partial charge on any atom is -0.362 e. The van der Waals surface area contributed by atoms with E-state index in [1.54, 1.807) is 31.0 Å². The molecule has 0 aliphatic heterocycles. The molecule has 1 rings (SSSR count). The molecule has 1 aromatic rings. The fourth-order valence-corrected chi connectivity index (χ4v) is 1.55. The zero-order valence-electron chi connectivity index (χ0n) is 10.5. The van der Waals surface area contributed by atoms with Gasteiger partial charge in [0, 0.05) is 7.05 Å². The van der Waals surface area contributed by atoms with Crippen LogP contribution in [0.1, 0.15) is 12.5 Å². The van der Waals surface area contributed by atoms with Gasteiger partial charge in [0.25, 0.3) is 0 Å². The number of carbonyl (C=O) groups is 1. The van der Waals surface area contributed by atoms with Crippen molar-refractivity contribution in [2.24, 2.45) is 0 Å². The highest BCUT2D eigenvalue weighted by atomic mass is 16.2. The van der Waals surface area contributed by atoms with Crippen molar-refractivity contribution in [3.8, 4) is 18.4 Å². The van der Waals surface area contributed by atoms with Crippen molar-refractivity contribution in [3.63, 3.8) is 0 Å². The summed E-state index contributed by atoms with van der Waals surface area (Å²) in [4.78, 5) is 13.5. The van der Waals surface area contributed by atoms with Gasteiger partial charge in [-0.3, -0.25) is 4.79 Å². The van der Waals surface area contributed by atoms with Gasteiger partial charge in [0.2, 0.25) is 5.91 Å². The number of amides is 1. The van der Waals surface area contributed by atoms with Crippen molar-refractivity contribution in [1.82, 2.24) is 5.32 Å². The zero-order chi connectivity index (χ0) is 13.5. The lowest BCUT2D eigenvalue weighted by molar-refractivity contribution is -0.121. The Labute approximate surface area is 107 Å². The van der Waals surface area contributed by atoms with Crippen molar-refractivity contribution in [2.75, 3.05) is 18.5 Å². The molecular weight excluding hydrogens is 226 g/mol. The molecule has 0 saturated carbocycles. The Balaban J connectivity index is 2.87. The fraction of sp³-hybridized carbons (Fsp3) is 0.286. The van der Waals surface area contributed by atoms with Crippen molar-refractivity contribution < 1.29 is 4.79 Å². The Hall–Kier alpha value is -2.46. The number of terminal acetylenes is 1. The minimum absolute atomic E-state index is 0.164. The Bertz CT molecular complexity index is 511. The van der Waals surface area contributed by atoms with Gasteiger partial charge in [0.05, 0.1) is 17.8 Å². The first-order valence-corrected chi connectivity index (χ1v) is 5.55. The van der Waals surface area contributed by atoms with E-state index in [1.807, 2.05) is 12.1 Å². The van der Waals surface area contributed by atoms with E-state index in [1.165, 1.54) is 0 Å². The molecule has 0 fully saturated rings. The van der Waals surface area contributed by atoms with E-state index in [2.05, 4.69) is 17.3 Å². The highest BCUT2D eigenvalue weighted by Gasteiger charge is 2.19. The average Bonchev–Trinajstić information content (AvgIpc) is 2.42. The molecular formula is C14H15N3O. The second kappa shape index (κ2) is 6.32. The van der Waals surface area contributed by atoms with E-state index in [0.717, 1.165) is 5.69 Å². The van der Waals surface area contributed by atoms with Crippen LogP contribution < -0.4 is 10.2 Å². The van der Waals surface area contributed by atoms with Crippen LogP contribution >= 0.6 is 0 Å². The second-order valence-electron chi connectivity index (χ2n) is 3.84. The quantitative estimate of drug-likeness (QED) is 0.804. The predicted octanol–water partition coefficient (Wildman–Crippen LogP) is 1.13. The van der Waals surface area contributed by atoms with Crippen molar-refractivity contribution in [3.05, 3.63) is 29.8 Å². The monoisotopic (exact) mass is 241 g/mol. The summed E-state index contributed by atoms with van der Waals surface area (Å²) in [6, 6.07) is 8.86. The minimum atomic E-state index is -0.396. The Morgan fingerprint density at radius 3 is 2.83 bits per heavy atom. The summed E-state index contributed by atoms with van der Waals surface area (Å²) in [5.74, 6) is 2.19. The van der Waals surface area contributed by atoms with E-state index >= 15 is 0 Å². The molecule has 1 aromatic carbocycles. The van der Waals surface area contributed by atoms with Crippen LogP contribution in [0.15, 0.2) is 24.3 Å². The summed E-state index contributed by atoms with van der Waals surface area (Å²) in [6.07, 6.45) is 5.09. The van der Waals surface area contributed by atoms with Crippen LogP contribution in [0.3, 0.4) is 0 Å². The number of benzene rings is 1. The van der Waals surface area contributed by atoms with E-state index in [0.29, 0.717) is 5.56 Å². The van der Waals surface area contributed by atoms with E-state index in [4.69, 9.17) is 11.7 Å². The molecule has 0 spiro atoms. The molecule has 4 heteroatoms. The third kappa shape index (κ3) is 3.02. The van der Waals surface area contributed by atoms with Gasteiger partial charge in [0.15, 0.2) is 0 Å². The van der Waals surface area contributed by atoms with E-state index in [9.17, 15) is 4.79 Å². The fourth-order valence-electron chi connectivity index (χ4n) is 1.55. The van der Waals surface area contributed by atoms with Crippen LogP contribution in [0, 0.1) is 23.7 Å². The maximum absolute atomic E-state index is 11.8. The van der Waals surface area contributed by atoms with Gasteiger partial charge in [-0.2, -0.15) is 5.26 Å². The molecule has 92 valence electrons. The molecule has 0 aromatic heterocycles. The lowest BCUT2D eigenvalue weighted by Crippen LogP contribution is -2.43. The highest BCUT2D eigenvalue weighted by Crippen LogP contribution is 2.20. The number of hydrogen-bond donors (Lipinski definition) is 1. The van der Waals surface area contributed by atoms with Crippen LogP contribution in [-0.2, 0) is 4.79 Å². The molecule has 18 heavy (non-hydrogen) atoms. The predicted molar refractivity (Wildman–Crippen MR) is 70.9 cm³/mol. The Morgan fingerprint density at radius 2 is 2.22 bits per heavy atom. The van der Waals surface area contributed by atoms with Crippen LogP contribution in [0.25, 0.3) is 0 Å². The molecule has 0 radical (unpaired) electrons. The summed E-state index contributed by atoms with van der Waals surface area (Å²) in [5, 5.41) is 11.6. The molecule has 4 nitrogen and oxygen atoms in total. The van der Waals surface area contributed by atoms with Gasteiger partial charge in [-0.1, -0.05) is 18.1 Å². The first kappa shape index (κ1) is 13.6. The number of nitrogens with zero attached hydrogens (tertiary/aromatic N) is 2. The lowest BCUT2D eigenvalue weighted by atomic mass is 10.1. The molecule has 0 aliphatic rings. The Morgan fingerprint density at radius 1 is 1.56 bits per heavy atom. The number of hydrogen-bond acceptors (Lipinski definition) is 3. The number of likely N-dealkylation sites (N-methyl/N-ethyl adjacent to an activating group) is 1. The summed E-state index contributed by atoms with van der Waals surface area (Å²) >= 11 is 0. The molecule has 0 aliphatic carbocycles. The van der Waals surface area contributed by atoms with Gasteiger partial charge < -0.3 is 10.2 Å². The van der Waals surface area contributed by atoms with Crippen LogP contribution in [0.4, 0.5) is 5.69 Å². The maximum Gasteiger partial charge on any atom is 0.243 e. The van der Waals surface area contributed by atoms with Crippen LogP contribution in [0.5, 0.6) is 0 Å². The smallest absolute Gasteiger partial charge is 0.243 e. The van der Waals surface area contributed by atoms with Gasteiger partial charge in [-0.05, 0) is 19.1 Å². The van der Waals surface area contributed by atoms with Gasteiger partial charge in [0.1, 0.15) is 12.1 Å². The van der Waals surface area contributed by atoms with Gasteiger partial charge in [-0.25, -0.2) is 0 Å². The van der Waals surface area contributed by atoms with E-state index in [-0.39, 0.29) is 12.5 Å². The standard InChI is InChI=1S/C14H15N3O/c1-4-9-16-14(18)11(2)17(3)13-8-6-5-7-12(13)10-15/h1,5-8,11H,9H2,2-3H3,(H,16,18). The molecule has 0 heterocycles. The lowest BCUT2D eigenvalue weighted by Gasteiger charge is -2.26. The number of nitrogens with one attached hydrogen (secondary N) is 1. The van der Waals surface area contributed by atoms with Gasteiger partial charge >= 0.3 is 0 Å². The van der Waals surface area contributed by atoms with E-state index < -0.39 is 6.04 Å². The molecule has 1 N–H and O–H groups in total. The largest absolute Gasteiger partial charge is 0.362 e. The normalized spacial score (nSPS) is 10.9. The maximum atomic E-state index is 11.8. The van der Waals surface area contributed by atoms with Crippen molar-refractivity contribution in [1.29, 1.82) is 5.26 Å². The topological polar surface area (TPSA) is 56.1 Å². The summed E-state index contributed by atoms with van der Waals surface area (Å²) in [6.45, 7) is 1.97. The van der Waals surface area contributed by atoms with Crippen LogP contribution in [-0.4, -0.2) is 25.5 Å². The summed E-state index contributed by atoms with van der Waals surface area (Å²) < 4.78 is 0. The SMILES string of the molecule is C#CCNC(=O)C(C)N(C)c1ccccc1C#N. The average molecular weight is 241 g/mol. The first-order valence-electron chi connectivity index (χ1n) is 5.55. The van der Waals surface area contributed by atoms with Crippen LogP contribution in [0.2, 0.25) is 0 Å². The third-order valence-corrected chi connectivity index (χ3v) is 2.73. The van der Waals surface area contributed by atoms with Crippen molar-refractivity contribution >= 4 is 11.6 Å². The highest BCUT2D eigenvalue weighted by molar-refractivity contribution is 5.85. The summed E-state index contributed by atoms with van der Waals surface area (Å²) in [5.41, 5.74) is 1.26. The number of para-hydroxylation sites is 1. The van der Waals surface area contributed by atoms with Gasteiger partial charge in [-0.15, -0.1) is 6.42 Å². The number of rotatable bonds is 4. The number of carbonyl (C=O) groups excluding carboxylic acids is 1. The molecule has 0 bridgehead atoms. The molecule has 0 saturated heterocycles. The molecule has 1 unspecified atom stereocenters. The Kier molecular flexibility index (Phi) is 4.78. The zero-order valence-corrected chi connectivity index (χ0v) is 10.5. The van der Waals surface area contributed by atoms with Crippen molar-refractivity contribution in [2.45, 2.75) is 13.0 Å². The molecule has 1 amide bonds.